The third kappa shape index (κ3) is 4.98. The van der Waals surface area contributed by atoms with Crippen molar-refractivity contribution in [2.75, 3.05) is 15.8 Å². The Kier molecular flexibility index (Phi) is 7.33. The van der Waals surface area contributed by atoms with Gasteiger partial charge in [0.2, 0.25) is 5.82 Å². The number of rotatable bonds is 8. The van der Waals surface area contributed by atoms with E-state index in [1.165, 1.54) is 31.1 Å². The molecule has 0 spiro atoms. The number of aryl methyl sites for hydroxylation is 1. The first kappa shape index (κ1) is 24.2. The third-order valence-electron chi connectivity index (χ3n) is 5.01. The molecular weight excluding hydrogens is 446 g/mol. The monoisotopic (exact) mass is 472 g/mol. The Hall–Kier alpha value is -3.46. The van der Waals surface area contributed by atoms with Crippen LogP contribution in [0.4, 0.5) is 26.0 Å². The summed E-state index contributed by atoms with van der Waals surface area (Å²) in [6.07, 6.45) is 0. The number of nitrogens with zero attached hydrogens (tertiary/aromatic N) is 1. The lowest BCUT2D eigenvalue weighted by Gasteiger charge is -2.21. The van der Waals surface area contributed by atoms with E-state index in [-0.39, 0.29) is 28.5 Å². The topological polar surface area (TPSA) is 81.3 Å². The maximum absolute atomic E-state index is 15.2. The van der Waals surface area contributed by atoms with Crippen molar-refractivity contribution in [1.29, 1.82) is 0 Å². The van der Waals surface area contributed by atoms with E-state index in [1.807, 2.05) is 19.9 Å². The zero-order valence-corrected chi connectivity index (χ0v) is 19.7. The lowest BCUT2D eigenvalue weighted by atomic mass is 10.1. The summed E-state index contributed by atoms with van der Waals surface area (Å²) in [5.74, 6) is -0.820. The van der Waals surface area contributed by atoms with Gasteiger partial charge >= 0.3 is 0 Å². The predicted molar refractivity (Wildman–Crippen MR) is 132 cm³/mol. The number of nitrogens with two attached hydrogens (primary N) is 1. The highest BCUT2D eigenvalue weighted by atomic mass is 32.2. The zero-order valence-electron chi connectivity index (χ0n) is 18.9. The number of halogens is 2. The number of hydrogen-bond donors (Lipinski definition) is 3. The first-order valence-electron chi connectivity index (χ1n) is 10.2. The van der Waals surface area contributed by atoms with E-state index < -0.39 is 17.2 Å². The van der Waals surface area contributed by atoms with E-state index >= 15 is 4.39 Å². The molecular formula is C24H26F2N4O2S. The van der Waals surface area contributed by atoms with Crippen LogP contribution in [-0.2, 0) is 7.05 Å². The standard InChI is InChI=1S/C24H26F2N4O2S/c1-6-33-29-17-8-7-9-19(14(17)3)32-22-20(15(4)27)23(30(5)24(31)21(22)26)28-18-11-10-13(2)12-16(18)25/h7-12,28-29H,4,6,27H2,1-3,5H3. The minimum atomic E-state index is -1.13. The molecule has 2 aromatic carbocycles. The molecule has 0 atom stereocenters. The SMILES string of the molecule is C=C(N)c1c(Oc2cccc(NSCC)c2C)c(F)c(=O)n(C)c1Nc1ccc(C)cc1F. The average Bonchev–Trinajstić information content (AvgIpc) is 2.77. The Morgan fingerprint density at radius 2 is 1.94 bits per heavy atom. The number of hydrogen-bond acceptors (Lipinski definition) is 6. The molecule has 4 N–H and O–H groups in total. The molecule has 0 amide bonds. The molecule has 0 saturated heterocycles. The Labute approximate surface area is 195 Å². The van der Waals surface area contributed by atoms with Gasteiger partial charge < -0.3 is 20.5 Å². The second kappa shape index (κ2) is 9.99. The number of anilines is 3. The summed E-state index contributed by atoms with van der Waals surface area (Å²) in [4.78, 5) is 12.7. The van der Waals surface area contributed by atoms with Gasteiger partial charge in [0.25, 0.3) is 5.56 Å². The van der Waals surface area contributed by atoms with E-state index in [4.69, 9.17) is 10.5 Å². The van der Waals surface area contributed by atoms with Crippen LogP contribution in [0, 0.1) is 25.5 Å². The van der Waals surface area contributed by atoms with Gasteiger partial charge in [-0.1, -0.05) is 37.6 Å². The number of aromatic nitrogens is 1. The first-order chi connectivity index (χ1) is 15.6. The number of nitrogens with one attached hydrogen (secondary N) is 2. The van der Waals surface area contributed by atoms with Crippen LogP contribution >= 0.6 is 11.9 Å². The minimum Gasteiger partial charge on any atom is -0.453 e. The molecule has 33 heavy (non-hydrogen) atoms. The second-order valence-electron chi connectivity index (χ2n) is 7.43. The summed E-state index contributed by atoms with van der Waals surface area (Å²) >= 11 is 1.50. The van der Waals surface area contributed by atoms with Crippen LogP contribution in [0.5, 0.6) is 11.5 Å². The van der Waals surface area contributed by atoms with Crippen molar-refractivity contribution in [3.05, 3.63) is 81.7 Å². The maximum Gasteiger partial charge on any atom is 0.291 e. The number of pyridine rings is 1. The molecule has 6 nitrogen and oxygen atoms in total. The van der Waals surface area contributed by atoms with Gasteiger partial charge in [-0.15, -0.1) is 0 Å². The zero-order chi connectivity index (χ0) is 24.3. The Bertz CT molecular complexity index is 1270. The van der Waals surface area contributed by atoms with Crippen molar-refractivity contribution in [2.45, 2.75) is 20.8 Å². The molecule has 0 unspecified atom stereocenters. The van der Waals surface area contributed by atoms with E-state index in [2.05, 4.69) is 16.6 Å². The average molecular weight is 473 g/mol. The molecule has 174 valence electrons. The highest BCUT2D eigenvalue weighted by molar-refractivity contribution is 8.00. The fourth-order valence-corrected chi connectivity index (χ4v) is 3.74. The van der Waals surface area contributed by atoms with Crippen molar-refractivity contribution in [1.82, 2.24) is 4.57 Å². The lowest BCUT2D eigenvalue weighted by molar-refractivity contribution is 0.429. The smallest absolute Gasteiger partial charge is 0.291 e. The van der Waals surface area contributed by atoms with Crippen LogP contribution in [0.3, 0.4) is 0 Å². The van der Waals surface area contributed by atoms with Crippen LogP contribution in [0.25, 0.3) is 5.70 Å². The Morgan fingerprint density at radius 3 is 2.58 bits per heavy atom. The molecule has 0 aliphatic heterocycles. The fourth-order valence-electron chi connectivity index (χ4n) is 3.22. The Balaban J connectivity index is 2.17. The van der Waals surface area contributed by atoms with Crippen molar-refractivity contribution in [2.24, 2.45) is 12.8 Å². The van der Waals surface area contributed by atoms with Gasteiger partial charge in [-0.25, -0.2) is 4.39 Å². The molecule has 3 rings (SSSR count). The number of ether oxygens (including phenoxy) is 1. The molecule has 3 aromatic rings. The summed E-state index contributed by atoms with van der Waals surface area (Å²) in [5, 5.41) is 2.85. The van der Waals surface area contributed by atoms with Gasteiger partial charge in [0.15, 0.2) is 5.75 Å². The van der Waals surface area contributed by atoms with Gasteiger partial charge in [0.1, 0.15) is 17.4 Å². The Morgan fingerprint density at radius 1 is 1.21 bits per heavy atom. The van der Waals surface area contributed by atoms with Crippen LogP contribution < -0.4 is 26.1 Å². The molecule has 0 saturated carbocycles. The van der Waals surface area contributed by atoms with Crippen LogP contribution in [-0.4, -0.2) is 10.3 Å². The van der Waals surface area contributed by atoms with Crippen LogP contribution in [0.1, 0.15) is 23.6 Å². The number of benzene rings is 2. The minimum absolute atomic E-state index is 0.0234. The highest BCUT2D eigenvalue weighted by Gasteiger charge is 2.25. The summed E-state index contributed by atoms with van der Waals surface area (Å²) in [5.41, 5.74) is 7.33. The van der Waals surface area contributed by atoms with Crippen molar-refractivity contribution >= 4 is 34.8 Å². The fraction of sp³-hybridized carbons (Fsp3) is 0.208. The summed E-state index contributed by atoms with van der Waals surface area (Å²) in [6, 6.07) is 9.83. The highest BCUT2D eigenvalue weighted by Crippen LogP contribution is 2.38. The second-order valence-corrected chi connectivity index (χ2v) is 8.50. The van der Waals surface area contributed by atoms with E-state index in [9.17, 15) is 9.18 Å². The van der Waals surface area contributed by atoms with Gasteiger partial charge in [-0.2, -0.15) is 4.39 Å². The van der Waals surface area contributed by atoms with Crippen molar-refractivity contribution in [3.8, 4) is 11.5 Å². The van der Waals surface area contributed by atoms with Gasteiger partial charge in [0, 0.05) is 24.1 Å². The molecule has 1 heterocycles. The van der Waals surface area contributed by atoms with Gasteiger partial charge in [-0.05, 0) is 43.7 Å². The van der Waals surface area contributed by atoms with E-state index in [1.54, 1.807) is 25.1 Å². The molecule has 0 bridgehead atoms. The van der Waals surface area contributed by atoms with Crippen molar-refractivity contribution in [3.63, 3.8) is 0 Å². The van der Waals surface area contributed by atoms with E-state index in [0.29, 0.717) is 11.3 Å². The predicted octanol–water partition coefficient (Wildman–Crippen LogP) is 5.83. The third-order valence-corrected chi connectivity index (χ3v) is 5.67. The van der Waals surface area contributed by atoms with Crippen LogP contribution in [0.2, 0.25) is 0 Å². The molecule has 0 fully saturated rings. The van der Waals surface area contributed by atoms with Gasteiger partial charge in [-0.3, -0.25) is 9.36 Å². The summed E-state index contributed by atoms with van der Waals surface area (Å²) in [6.45, 7) is 9.30. The molecule has 1 aromatic heterocycles. The summed E-state index contributed by atoms with van der Waals surface area (Å²) in [7, 11) is 1.35. The first-order valence-corrected chi connectivity index (χ1v) is 11.2. The van der Waals surface area contributed by atoms with Crippen molar-refractivity contribution < 1.29 is 13.5 Å². The van der Waals surface area contributed by atoms with Crippen LogP contribution in [0.15, 0.2) is 47.8 Å². The van der Waals surface area contributed by atoms with Gasteiger partial charge in [0.05, 0.1) is 16.9 Å². The molecule has 0 aliphatic carbocycles. The molecule has 0 aliphatic rings. The normalized spacial score (nSPS) is 10.7. The van der Waals surface area contributed by atoms with E-state index in [0.717, 1.165) is 21.6 Å². The quantitative estimate of drug-likeness (QED) is 0.358. The molecule has 9 heteroatoms. The summed E-state index contributed by atoms with van der Waals surface area (Å²) < 4.78 is 39.8. The molecule has 0 radical (unpaired) electrons. The lowest BCUT2D eigenvalue weighted by Crippen LogP contribution is -2.26. The maximum atomic E-state index is 15.2. The largest absolute Gasteiger partial charge is 0.453 e.